The quantitative estimate of drug-likeness (QED) is 0.781. The van der Waals surface area contributed by atoms with Crippen molar-refractivity contribution in [3.63, 3.8) is 0 Å². The third kappa shape index (κ3) is 3.57. The predicted octanol–water partition coefficient (Wildman–Crippen LogP) is 2.44. The van der Waals surface area contributed by atoms with Crippen LogP contribution in [0.25, 0.3) is 0 Å². The number of rotatable bonds is 3. The van der Waals surface area contributed by atoms with Gasteiger partial charge in [-0.05, 0) is 30.7 Å². The molecule has 27 heavy (non-hydrogen) atoms. The SMILES string of the molecule is CC(C)(C)C1=CC(=NC(=O)[C@@H]2CCC(=O)N2c2ccc(N([O-])O)cc2)N1O. The zero-order valence-electron chi connectivity index (χ0n) is 15.3. The first-order chi connectivity index (χ1) is 12.6. The number of aliphatic imine (C=N–C) groups is 1. The summed E-state index contributed by atoms with van der Waals surface area (Å²) in [5.41, 5.74) is 0.812. The Morgan fingerprint density at radius 2 is 1.93 bits per heavy atom. The van der Waals surface area contributed by atoms with Crippen LogP contribution in [0.2, 0.25) is 0 Å². The zero-order valence-corrected chi connectivity index (χ0v) is 15.3. The maximum absolute atomic E-state index is 12.6. The molecule has 0 radical (unpaired) electrons. The van der Waals surface area contributed by atoms with Crippen LogP contribution in [-0.2, 0) is 9.59 Å². The second kappa shape index (κ2) is 6.76. The Morgan fingerprint density at radius 3 is 2.44 bits per heavy atom. The summed E-state index contributed by atoms with van der Waals surface area (Å²) in [4.78, 5) is 30.1. The molecule has 1 aromatic carbocycles. The average Bonchev–Trinajstić information content (AvgIpc) is 2.98. The third-order valence-corrected chi connectivity index (χ3v) is 4.55. The number of hydrogen-bond donors (Lipinski definition) is 2. The van der Waals surface area contributed by atoms with Gasteiger partial charge in [0.1, 0.15) is 6.04 Å². The molecule has 2 aliphatic heterocycles. The molecule has 0 unspecified atom stereocenters. The van der Waals surface area contributed by atoms with E-state index in [-0.39, 0.29) is 34.5 Å². The molecule has 0 bridgehead atoms. The fourth-order valence-corrected chi connectivity index (χ4v) is 3.09. The smallest absolute Gasteiger partial charge is 0.270 e. The number of amidine groups is 1. The summed E-state index contributed by atoms with van der Waals surface area (Å²) in [5, 5.41) is 30.4. The number of benzene rings is 1. The van der Waals surface area contributed by atoms with Crippen LogP contribution >= 0.6 is 0 Å². The Morgan fingerprint density at radius 1 is 1.30 bits per heavy atom. The van der Waals surface area contributed by atoms with Crippen LogP contribution in [0.3, 0.4) is 0 Å². The van der Waals surface area contributed by atoms with Crippen molar-refractivity contribution in [1.29, 1.82) is 0 Å². The van der Waals surface area contributed by atoms with E-state index in [1.807, 2.05) is 20.8 Å². The third-order valence-electron chi connectivity index (χ3n) is 4.55. The van der Waals surface area contributed by atoms with Gasteiger partial charge in [0.25, 0.3) is 5.91 Å². The molecule has 0 spiro atoms. The Balaban J connectivity index is 1.81. The molecule has 2 amide bonds. The van der Waals surface area contributed by atoms with Crippen LogP contribution in [0.4, 0.5) is 11.4 Å². The number of amides is 2. The molecule has 144 valence electrons. The highest BCUT2D eigenvalue weighted by molar-refractivity contribution is 6.10. The van der Waals surface area contributed by atoms with Gasteiger partial charge in [-0.1, -0.05) is 20.8 Å². The van der Waals surface area contributed by atoms with Crippen molar-refractivity contribution in [3.05, 3.63) is 41.2 Å². The summed E-state index contributed by atoms with van der Waals surface area (Å²) in [6, 6.07) is 4.87. The first-order valence-corrected chi connectivity index (χ1v) is 8.51. The van der Waals surface area contributed by atoms with Crippen LogP contribution in [0.5, 0.6) is 0 Å². The molecule has 2 N–H and O–H groups in total. The minimum Gasteiger partial charge on any atom is -0.733 e. The van der Waals surface area contributed by atoms with E-state index in [9.17, 15) is 20.0 Å². The molecule has 9 nitrogen and oxygen atoms in total. The summed E-state index contributed by atoms with van der Waals surface area (Å²) in [7, 11) is 0. The lowest BCUT2D eigenvalue weighted by Crippen LogP contribution is -2.43. The Hall–Kier alpha value is -2.75. The molecular formula is C18H21N4O5-. The monoisotopic (exact) mass is 373 g/mol. The van der Waals surface area contributed by atoms with E-state index in [2.05, 4.69) is 4.99 Å². The predicted molar refractivity (Wildman–Crippen MR) is 98.2 cm³/mol. The molecule has 2 aliphatic rings. The van der Waals surface area contributed by atoms with Crippen LogP contribution in [0.15, 0.2) is 41.0 Å². The van der Waals surface area contributed by atoms with Gasteiger partial charge in [0.05, 0.1) is 11.4 Å². The van der Waals surface area contributed by atoms with Crippen LogP contribution in [0, 0.1) is 10.6 Å². The fraction of sp³-hybridized carbons (Fsp3) is 0.389. The average molecular weight is 373 g/mol. The van der Waals surface area contributed by atoms with Crippen molar-refractivity contribution in [1.82, 2.24) is 5.06 Å². The maximum Gasteiger partial charge on any atom is 0.270 e. The van der Waals surface area contributed by atoms with Gasteiger partial charge in [0, 0.05) is 23.6 Å². The lowest BCUT2D eigenvalue weighted by Gasteiger charge is -2.36. The van der Waals surface area contributed by atoms with Gasteiger partial charge in [-0.2, -0.15) is 4.99 Å². The molecule has 0 saturated carbocycles. The Labute approximate surface area is 156 Å². The first kappa shape index (κ1) is 19.0. The Bertz CT molecular complexity index is 823. The normalized spacial score (nSPS) is 21.4. The lowest BCUT2D eigenvalue weighted by molar-refractivity contribution is -0.121. The van der Waals surface area contributed by atoms with Crippen molar-refractivity contribution in [2.75, 3.05) is 10.1 Å². The van der Waals surface area contributed by atoms with Gasteiger partial charge in [-0.25, -0.2) is 5.06 Å². The number of nitrogens with zero attached hydrogens (tertiary/aromatic N) is 4. The molecule has 0 aromatic heterocycles. The topological polar surface area (TPSA) is 120 Å². The Kier molecular flexibility index (Phi) is 4.77. The molecular weight excluding hydrogens is 352 g/mol. The summed E-state index contributed by atoms with van der Waals surface area (Å²) in [6.07, 6.45) is 2.14. The summed E-state index contributed by atoms with van der Waals surface area (Å²) < 4.78 is 0. The van der Waals surface area contributed by atoms with Crippen LogP contribution in [0.1, 0.15) is 33.6 Å². The number of allylic oxidation sites excluding steroid dienone is 1. The van der Waals surface area contributed by atoms with E-state index < -0.39 is 11.9 Å². The number of hydroxylamine groups is 2. The van der Waals surface area contributed by atoms with Crippen molar-refractivity contribution >= 4 is 29.0 Å². The molecule has 1 atom stereocenters. The van der Waals surface area contributed by atoms with Crippen molar-refractivity contribution in [2.45, 2.75) is 39.7 Å². The van der Waals surface area contributed by atoms with Crippen LogP contribution in [-0.4, -0.2) is 39.2 Å². The van der Waals surface area contributed by atoms with E-state index in [4.69, 9.17) is 5.21 Å². The van der Waals surface area contributed by atoms with E-state index in [1.165, 1.54) is 29.2 Å². The van der Waals surface area contributed by atoms with Gasteiger partial charge in [-0.15, -0.1) is 0 Å². The number of hydrogen-bond acceptors (Lipinski definition) is 6. The molecule has 9 heteroatoms. The van der Waals surface area contributed by atoms with Gasteiger partial charge in [-0.3, -0.25) is 24.9 Å². The highest BCUT2D eigenvalue weighted by atomic mass is 16.8. The van der Waals surface area contributed by atoms with Gasteiger partial charge in [0.2, 0.25) is 5.91 Å². The fourth-order valence-electron chi connectivity index (χ4n) is 3.09. The molecule has 3 rings (SSSR count). The van der Waals surface area contributed by atoms with E-state index in [1.54, 1.807) is 6.08 Å². The van der Waals surface area contributed by atoms with E-state index >= 15 is 0 Å². The standard InChI is InChI=1S/C18H21N4O5/c1-18(2,3)14-10-15(21(14)25)19-17(24)13-8-9-16(23)20(13)11-4-6-12(7-5-11)22(26)27/h4-7,10,13,25-26H,8-9H2,1-3H3/q-1/t13-/m0/s1. The number of carbonyl (C=O) groups excluding carboxylic acids is 2. The molecule has 1 fully saturated rings. The first-order valence-electron chi connectivity index (χ1n) is 8.51. The molecule has 1 aromatic rings. The summed E-state index contributed by atoms with van der Waals surface area (Å²) in [5.74, 6) is -0.623. The maximum atomic E-state index is 12.6. The highest BCUT2D eigenvalue weighted by Gasteiger charge is 2.39. The minimum atomic E-state index is -0.784. The van der Waals surface area contributed by atoms with Crippen molar-refractivity contribution in [3.8, 4) is 0 Å². The number of carbonyl (C=O) groups is 2. The minimum absolute atomic E-state index is 0.0127. The van der Waals surface area contributed by atoms with Crippen LogP contribution < -0.4 is 10.1 Å². The molecule has 2 heterocycles. The second-order valence-electron chi connectivity index (χ2n) is 7.51. The molecule has 1 saturated heterocycles. The summed E-state index contributed by atoms with van der Waals surface area (Å²) in [6.45, 7) is 5.78. The van der Waals surface area contributed by atoms with Gasteiger partial charge >= 0.3 is 0 Å². The van der Waals surface area contributed by atoms with E-state index in [0.717, 1.165) is 5.06 Å². The zero-order chi connectivity index (χ0) is 19.9. The second-order valence-corrected chi connectivity index (χ2v) is 7.51. The van der Waals surface area contributed by atoms with Gasteiger partial charge < -0.3 is 10.4 Å². The van der Waals surface area contributed by atoms with Crippen molar-refractivity contribution in [2.24, 2.45) is 10.4 Å². The molecule has 0 aliphatic carbocycles. The largest absolute Gasteiger partial charge is 0.733 e. The number of anilines is 2. The van der Waals surface area contributed by atoms with E-state index in [0.29, 0.717) is 17.8 Å². The van der Waals surface area contributed by atoms with Gasteiger partial charge in [0.15, 0.2) is 5.84 Å². The highest BCUT2D eigenvalue weighted by Crippen LogP contribution is 2.34. The van der Waals surface area contributed by atoms with Crippen molar-refractivity contribution < 1.29 is 20.0 Å². The summed E-state index contributed by atoms with van der Waals surface area (Å²) >= 11 is 0. The lowest BCUT2D eigenvalue weighted by atomic mass is 9.88.